The van der Waals surface area contributed by atoms with Crippen LogP contribution in [-0.2, 0) is 6.42 Å². The second kappa shape index (κ2) is 9.23. The van der Waals surface area contributed by atoms with Gasteiger partial charge in [0, 0.05) is 39.5 Å². The summed E-state index contributed by atoms with van der Waals surface area (Å²) < 4.78 is 1.83. The highest BCUT2D eigenvalue weighted by molar-refractivity contribution is 7.14. The fourth-order valence-corrected chi connectivity index (χ4v) is 5.06. The highest BCUT2D eigenvalue weighted by Crippen LogP contribution is 2.37. The molecule has 0 spiro atoms. The van der Waals surface area contributed by atoms with E-state index in [1.165, 1.54) is 11.3 Å². The van der Waals surface area contributed by atoms with Crippen LogP contribution < -0.4 is 0 Å². The molecule has 33 heavy (non-hydrogen) atoms. The fraction of sp³-hybridized carbons (Fsp3) is 0.0833. The summed E-state index contributed by atoms with van der Waals surface area (Å²) in [5, 5.41) is 17.0. The van der Waals surface area contributed by atoms with Gasteiger partial charge in [-0.05, 0) is 49.4 Å². The van der Waals surface area contributed by atoms with Gasteiger partial charge in [0.15, 0.2) is 5.01 Å². The van der Waals surface area contributed by atoms with Gasteiger partial charge in [-0.25, -0.2) is 4.68 Å². The molecule has 5 nitrogen and oxygen atoms in total. The third-order valence-corrected chi connectivity index (χ3v) is 6.83. The standard InChI is InChI=1S/C24H16Cl3N5S/c1-14-22(24-30-29-21(33-24)13-18-4-2-3-11-28-18)31-32(20-10-9-17(26)12-19(20)27)23(14)15-5-7-16(25)8-6-15/h2-12H,13H2,1H3. The first-order chi connectivity index (χ1) is 16.0. The molecule has 0 aliphatic heterocycles. The Kier molecular flexibility index (Phi) is 6.17. The number of halogens is 3. The first-order valence-electron chi connectivity index (χ1n) is 10.0. The largest absolute Gasteiger partial charge is 0.261 e. The molecule has 0 aliphatic rings. The zero-order valence-corrected chi connectivity index (χ0v) is 20.4. The van der Waals surface area contributed by atoms with Crippen molar-refractivity contribution in [3.63, 3.8) is 0 Å². The van der Waals surface area contributed by atoms with Crippen molar-refractivity contribution in [2.24, 2.45) is 0 Å². The van der Waals surface area contributed by atoms with Crippen LogP contribution in [0.15, 0.2) is 66.9 Å². The van der Waals surface area contributed by atoms with Crippen LogP contribution >= 0.6 is 46.1 Å². The first kappa shape index (κ1) is 22.0. The first-order valence-corrected chi connectivity index (χ1v) is 12.0. The monoisotopic (exact) mass is 511 g/mol. The van der Waals surface area contributed by atoms with E-state index in [0.717, 1.165) is 43.9 Å². The number of rotatable bonds is 5. The van der Waals surface area contributed by atoms with Crippen LogP contribution in [0.2, 0.25) is 15.1 Å². The summed E-state index contributed by atoms with van der Waals surface area (Å²) in [6.07, 6.45) is 2.39. The second-order valence-corrected chi connectivity index (χ2v) is 9.68. The average molecular weight is 513 g/mol. The van der Waals surface area contributed by atoms with Crippen molar-refractivity contribution in [2.45, 2.75) is 13.3 Å². The molecule has 5 rings (SSSR count). The maximum atomic E-state index is 6.55. The molecule has 0 unspecified atom stereocenters. The predicted octanol–water partition coefficient (Wildman–Crippen LogP) is 7.31. The van der Waals surface area contributed by atoms with Crippen molar-refractivity contribution in [1.82, 2.24) is 25.0 Å². The summed E-state index contributed by atoms with van der Waals surface area (Å²) in [5.41, 5.74) is 5.22. The Labute approximate surface area is 209 Å². The van der Waals surface area contributed by atoms with Crippen molar-refractivity contribution in [3.8, 4) is 27.6 Å². The summed E-state index contributed by atoms with van der Waals surface area (Å²) in [6.45, 7) is 2.02. The highest BCUT2D eigenvalue weighted by Gasteiger charge is 2.22. The summed E-state index contributed by atoms with van der Waals surface area (Å²) in [4.78, 5) is 4.38. The minimum Gasteiger partial charge on any atom is -0.261 e. The molecule has 0 radical (unpaired) electrons. The number of nitrogens with zero attached hydrogens (tertiary/aromatic N) is 5. The lowest BCUT2D eigenvalue weighted by molar-refractivity contribution is 0.888. The molecule has 0 saturated heterocycles. The van der Waals surface area contributed by atoms with Gasteiger partial charge >= 0.3 is 0 Å². The summed E-state index contributed by atoms with van der Waals surface area (Å²) in [5.74, 6) is 0. The molecule has 0 atom stereocenters. The Morgan fingerprint density at radius 3 is 2.42 bits per heavy atom. The molecule has 3 heterocycles. The summed E-state index contributed by atoms with van der Waals surface area (Å²) in [6, 6.07) is 18.8. The quantitative estimate of drug-likeness (QED) is 0.248. The van der Waals surface area contributed by atoms with E-state index in [2.05, 4.69) is 15.2 Å². The van der Waals surface area contributed by atoms with Gasteiger partial charge in [-0.2, -0.15) is 5.10 Å². The Morgan fingerprint density at radius 1 is 0.909 bits per heavy atom. The van der Waals surface area contributed by atoms with Gasteiger partial charge in [0.2, 0.25) is 0 Å². The Bertz CT molecular complexity index is 1430. The maximum Gasteiger partial charge on any atom is 0.168 e. The molecule has 2 aromatic carbocycles. The van der Waals surface area contributed by atoms with Gasteiger partial charge in [0.1, 0.15) is 10.7 Å². The molecule has 0 amide bonds. The van der Waals surface area contributed by atoms with E-state index in [0.29, 0.717) is 21.5 Å². The lowest BCUT2D eigenvalue weighted by Crippen LogP contribution is -2.00. The highest BCUT2D eigenvalue weighted by atomic mass is 35.5. The van der Waals surface area contributed by atoms with Crippen LogP contribution in [0.25, 0.3) is 27.6 Å². The normalized spacial score (nSPS) is 11.2. The van der Waals surface area contributed by atoms with Gasteiger partial charge < -0.3 is 0 Å². The van der Waals surface area contributed by atoms with Crippen LogP contribution in [0, 0.1) is 6.92 Å². The molecule has 3 aromatic heterocycles. The van der Waals surface area contributed by atoms with E-state index in [-0.39, 0.29) is 0 Å². The number of pyridine rings is 1. The number of hydrogen-bond donors (Lipinski definition) is 0. The van der Waals surface area contributed by atoms with Gasteiger partial charge in [-0.3, -0.25) is 4.98 Å². The van der Waals surface area contributed by atoms with E-state index in [1.54, 1.807) is 18.3 Å². The third kappa shape index (κ3) is 4.52. The lowest BCUT2D eigenvalue weighted by atomic mass is 10.1. The summed E-state index contributed by atoms with van der Waals surface area (Å²) >= 11 is 20.3. The number of hydrogen-bond acceptors (Lipinski definition) is 5. The third-order valence-electron chi connectivity index (χ3n) is 5.11. The van der Waals surface area contributed by atoms with E-state index >= 15 is 0 Å². The summed E-state index contributed by atoms with van der Waals surface area (Å²) in [7, 11) is 0. The molecule has 9 heteroatoms. The molecule has 0 bridgehead atoms. The Morgan fingerprint density at radius 2 is 1.70 bits per heavy atom. The minimum atomic E-state index is 0.500. The van der Waals surface area contributed by atoms with E-state index in [4.69, 9.17) is 39.9 Å². The van der Waals surface area contributed by atoms with Gasteiger partial charge in [0.25, 0.3) is 0 Å². The van der Waals surface area contributed by atoms with Crippen molar-refractivity contribution < 1.29 is 0 Å². The van der Waals surface area contributed by atoms with Gasteiger partial charge in [-0.15, -0.1) is 10.2 Å². The smallest absolute Gasteiger partial charge is 0.168 e. The van der Waals surface area contributed by atoms with Crippen molar-refractivity contribution in [3.05, 3.63) is 98.2 Å². The Hall–Kier alpha value is -2.77. The average Bonchev–Trinajstić information content (AvgIpc) is 3.39. The second-order valence-electron chi connectivity index (χ2n) is 7.34. The van der Waals surface area contributed by atoms with Crippen LogP contribution in [0.5, 0.6) is 0 Å². The zero-order valence-electron chi connectivity index (χ0n) is 17.3. The molecule has 0 saturated carbocycles. The number of benzene rings is 2. The maximum absolute atomic E-state index is 6.55. The molecule has 0 N–H and O–H groups in total. The zero-order chi connectivity index (χ0) is 22.9. The fourth-order valence-electron chi connectivity index (χ4n) is 3.55. The van der Waals surface area contributed by atoms with Crippen LogP contribution in [0.4, 0.5) is 0 Å². The molecule has 164 valence electrons. The molecular formula is C24H16Cl3N5S. The van der Waals surface area contributed by atoms with Gasteiger partial charge in [-0.1, -0.05) is 64.3 Å². The molecule has 0 fully saturated rings. The molecular weight excluding hydrogens is 497 g/mol. The van der Waals surface area contributed by atoms with Crippen molar-refractivity contribution in [1.29, 1.82) is 0 Å². The van der Waals surface area contributed by atoms with E-state index in [1.807, 2.05) is 60.1 Å². The van der Waals surface area contributed by atoms with Crippen molar-refractivity contribution in [2.75, 3.05) is 0 Å². The van der Waals surface area contributed by atoms with Crippen LogP contribution in [-0.4, -0.2) is 25.0 Å². The van der Waals surface area contributed by atoms with Crippen molar-refractivity contribution >= 4 is 46.1 Å². The van der Waals surface area contributed by atoms with Gasteiger partial charge in [0.05, 0.1) is 16.4 Å². The minimum absolute atomic E-state index is 0.500. The lowest BCUT2D eigenvalue weighted by Gasteiger charge is -2.11. The van der Waals surface area contributed by atoms with E-state index in [9.17, 15) is 0 Å². The van der Waals surface area contributed by atoms with E-state index < -0.39 is 0 Å². The number of aromatic nitrogens is 5. The molecule has 5 aromatic rings. The van der Waals surface area contributed by atoms with Crippen LogP contribution in [0.1, 0.15) is 16.3 Å². The SMILES string of the molecule is Cc1c(-c2nnc(Cc3ccccn3)s2)nn(-c2ccc(Cl)cc2Cl)c1-c1ccc(Cl)cc1. The predicted molar refractivity (Wildman–Crippen MR) is 135 cm³/mol. The van der Waals surface area contributed by atoms with Crippen LogP contribution in [0.3, 0.4) is 0 Å². The topological polar surface area (TPSA) is 56.5 Å². The Balaban J connectivity index is 1.63. The molecule has 0 aliphatic carbocycles.